The molecule has 2 aliphatic heterocycles. The van der Waals surface area contributed by atoms with E-state index in [2.05, 4.69) is 5.43 Å². The number of rotatable bonds is 8. The number of nitrogens with one attached hydrogen (secondary N) is 1. The number of morpholine rings is 1. The van der Waals surface area contributed by atoms with Crippen LogP contribution in [0.5, 0.6) is 11.5 Å². The van der Waals surface area contributed by atoms with Crippen LogP contribution < -0.4 is 14.9 Å². The van der Waals surface area contributed by atoms with Gasteiger partial charge in [0.1, 0.15) is 0 Å². The summed E-state index contributed by atoms with van der Waals surface area (Å²) in [6.45, 7) is 4.27. The number of thiocarbonyl (C=S) groups is 1. The molecule has 1 aromatic carbocycles. The molecule has 1 aromatic heterocycles. The average molecular weight is 534 g/mol. The number of carbonyl (C=O) groups is 3. The van der Waals surface area contributed by atoms with Crippen molar-refractivity contribution in [3.8, 4) is 11.5 Å². The molecule has 184 valence electrons. The molecule has 0 unspecified atom stereocenters. The first-order valence-corrected chi connectivity index (χ1v) is 12.9. The summed E-state index contributed by atoms with van der Waals surface area (Å²) in [5.41, 5.74) is 3.24. The van der Waals surface area contributed by atoms with Crippen molar-refractivity contribution in [3.05, 3.63) is 51.1 Å². The van der Waals surface area contributed by atoms with Gasteiger partial charge in [-0.15, -0.1) is 11.3 Å². The van der Waals surface area contributed by atoms with E-state index in [9.17, 15) is 14.4 Å². The Bertz CT molecular complexity index is 1150. The highest BCUT2D eigenvalue weighted by Crippen LogP contribution is 2.34. The number of hydrogen-bond acceptors (Lipinski definition) is 9. The van der Waals surface area contributed by atoms with Gasteiger partial charge in [-0.05, 0) is 54.4 Å². The normalized spacial score (nSPS) is 17.1. The third kappa shape index (κ3) is 6.20. The quantitative estimate of drug-likeness (QED) is 0.409. The van der Waals surface area contributed by atoms with Crippen LogP contribution in [-0.4, -0.2) is 71.5 Å². The number of nitrogens with zero attached hydrogens (tertiary/aromatic N) is 2. The van der Waals surface area contributed by atoms with Crippen molar-refractivity contribution in [1.29, 1.82) is 0 Å². The van der Waals surface area contributed by atoms with E-state index in [1.54, 1.807) is 46.7 Å². The molecule has 3 heterocycles. The first-order valence-electron chi connectivity index (χ1n) is 10.8. The lowest BCUT2D eigenvalue weighted by Gasteiger charge is -2.26. The number of thiophene rings is 1. The molecular formula is C23H23N3O6S3. The van der Waals surface area contributed by atoms with Crippen LogP contribution in [0.25, 0.3) is 6.08 Å². The third-order valence-electron chi connectivity index (χ3n) is 5.03. The Kier molecular flexibility index (Phi) is 8.39. The van der Waals surface area contributed by atoms with Gasteiger partial charge in [0.05, 0.1) is 29.6 Å². The topological polar surface area (TPSA) is 97.4 Å². The van der Waals surface area contributed by atoms with E-state index in [0.29, 0.717) is 59.8 Å². The van der Waals surface area contributed by atoms with E-state index in [4.69, 9.17) is 26.4 Å². The van der Waals surface area contributed by atoms with Crippen molar-refractivity contribution in [2.75, 3.05) is 39.5 Å². The Morgan fingerprint density at radius 2 is 2.00 bits per heavy atom. The van der Waals surface area contributed by atoms with E-state index in [0.717, 1.165) is 16.8 Å². The van der Waals surface area contributed by atoms with Crippen molar-refractivity contribution in [1.82, 2.24) is 15.3 Å². The summed E-state index contributed by atoms with van der Waals surface area (Å²) in [6.07, 6.45) is 1.67. The number of amides is 3. The fourth-order valence-corrected chi connectivity index (χ4v) is 5.12. The molecular weight excluding hydrogens is 510 g/mol. The molecule has 0 atom stereocenters. The zero-order chi connectivity index (χ0) is 24.8. The average Bonchev–Trinajstić information content (AvgIpc) is 3.49. The molecule has 9 nitrogen and oxygen atoms in total. The highest BCUT2D eigenvalue weighted by Gasteiger charge is 2.34. The van der Waals surface area contributed by atoms with Gasteiger partial charge in [0.25, 0.3) is 17.7 Å². The molecule has 3 amide bonds. The minimum absolute atomic E-state index is 0.109. The maximum Gasteiger partial charge on any atom is 0.285 e. The molecule has 12 heteroatoms. The van der Waals surface area contributed by atoms with Crippen LogP contribution in [-0.2, 0) is 14.3 Å². The van der Waals surface area contributed by atoms with Gasteiger partial charge in [0.15, 0.2) is 22.4 Å². The Morgan fingerprint density at radius 3 is 2.71 bits per heavy atom. The predicted octanol–water partition coefficient (Wildman–Crippen LogP) is 2.93. The predicted molar refractivity (Wildman–Crippen MR) is 137 cm³/mol. The Balaban J connectivity index is 1.44. The van der Waals surface area contributed by atoms with Crippen LogP contribution in [0, 0.1) is 0 Å². The van der Waals surface area contributed by atoms with Crippen LogP contribution >= 0.6 is 35.3 Å². The molecule has 2 aliphatic rings. The number of carbonyl (C=O) groups excluding carboxylic acids is 3. The molecule has 0 bridgehead atoms. The van der Waals surface area contributed by atoms with Crippen molar-refractivity contribution < 1.29 is 28.6 Å². The minimum Gasteiger partial charge on any atom is -0.490 e. The van der Waals surface area contributed by atoms with Gasteiger partial charge < -0.3 is 19.1 Å². The van der Waals surface area contributed by atoms with Crippen molar-refractivity contribution >= 4 is 63.4 Å². The molecule has 2 aromatic rings. The van der Waals surface area contributed by atoms with Crippen LogP contribution in [0.1, 0.15) is 22.2 Å². The standard InChI is InChI=1S/C23H23N3O6S3/c1-2-31-17-12-15(5-6-16(17)32-14-20(27)25-7-9-30-10-8-25)13-19-22(29)26(23(33)35-19)24-21(28)18-4-3-11-34-18/h3-6,11-13H,2,7-10,14H2,1H3,(H,24,28)/b19-13-. The molecule has 0 spiro atoms. The summed E-state index contributed by atoms with van der Waals surface area (Å²) in [7, 11) is 0. The molecule has 4 rings (SSSR count). The van der Waals surface area contributed by atoms with Gasteiger partial charge in [-0.2, -0.15) is 5.01 Å². The maximum absolute atomic E-state index is 12.9. The van der Waals surface area contributed by atoms with Gasteiger partial charge in [0.2, 0.25) is 0 Å². The Morgan fingerprint density at radius 1 is 1.20 bits per heavy atom. The van der Waals surface area contributed by atoms with Gasteiger partial charge in [0, 0.05) is 13.1 Å². The summed E-state index contributed by atoms with van der Waals surface area (Å²) in [5, 5.41) is 2.85. The summed E-state index contributed by atoms with van der Waals surface area (Å²) >= 11 is 7.65. The van der Waals surface area contributed by atoms with E-state index < -0.39 is 11.8 Å². The molecule has 1 N–H and O–H groups in total. The molecule has 35 heavy (non-hydrogen) atoms. The molecule has 0 aliphatic carbocycles. The number of benzene rings is 1. The first kappa shape index (κ1) is 25.2. The lowest BCUT2D eigenvalue weighted by Crippen LogP contribution is -2.44. The second kappa shape index (κ2) is 11.7. The molecule has 2 saturated heterocycles. The van der Waals surface area contributed by atoms with Gasteiger partial charge in [-0.25, -0.2) is 0 Å². The smallest absolute Gasteiger partial charge is 0.285 e. The highest BCUT2D eigenvalue weighted by molar-refractivity contribution is 8.26. The number of thioether (sulfide) groups is 1. The summed E-state index contributed by atoms with van der Waals surface area (Å²) in [4.78, 5) is 40.1. The highest BCUT2D eigenvalue weighted by atomic mass is 32.2. The molecule has 2 fully saturated rings. The van der Waals surface area contributed by atoms with Crippen LogP contribution in [0.2, 0.25) is 0 Å². The lowest BCUT2D eigenvalue weighted by atomic mass is 10.2. The summed E-state index contributed by atoms with van der Waals surface area (Å²) in [6, 6.07) is 8.61. The van der Waals surface area contributed by atoms with Crippen LogP contribution in [0.4, 0.5) is 0 Å². The summed E-state index contributed by atoms with van der Waals surface area (Å²) < 4.78 is 16.9. The lowest BCUT2D eigenvalue weighted by molar-refractivity contribution is -0.137. The van der Waals surface area contributed by atoms with Gasteiger partial charge in [-0.1, -0.05) is 23.9 Å². The van der Waals surface area contributed by atoms with Crippen molar-refractivity contribution in [3.63, 3.8) is 0 Å². The molecule has 0 saturated carbocycles. The maximum atomic E-state index is 12.9. The van der Waals surface area contributed by atoms with Crippen LogP contribution in [0.15, 0.2) is 40.6 Å². The zero-order valence-electron chi connectivity index (χ0n) is 18.9. The zero-order valence-corrected chi connectivity index (χ0v) is 21.3. The van der Waals surface area contributed by atoms with E-state index in [1.165, 1.54) is 11.3 Å². The second-order valence-corrected chi connectivity index (χ2v) is 9.98. The minimum atomic E-state index is -0.417. The number of ether oxygens (including phenoxy) is 3. The summed E-state index contributed by atoms with van der Waals surface area (Å²) in [5.74, 6) is -0.0458. The van der Waals surface area contributed by atoms with Crippen molar-refractivity contribution in [2.45, 2.75) is 6.92 Å². The SMILES string of the molecule is CCOc1cc(/C=C2\SC(=S)N(NC(=O)c3cccs3)C2=O)ccc1OCC(=O)N1CCOCC1. The fraction of sp³-hybridized carbons (Fsp3) is 0.304. The Hall–Kier alpha value is -2.93. The van der Waals surface area contributed by atoms with Gasteiger partial charge in [-0.3, -0.25) is 19.8 Å². The number of hydrazine groups is 1. The largest absolute Gasteiger partial charge is 0.490 e. The van der Waals surface area contributed by atoms with E-state index >= 15 is 0 Å². The van der Waals surface area contributed by atoms with E-state index in [-0.39, 0.29) is 16.8 Å². The van der Waals surface area contributed by atoms with Gasteiger partial charge >= 0.3 is 0 Å². The monoisotopic (exact) mass is 533 g/mol. The van der Waals surface area contributed by atoms with Crippen LogP contribution in [0.3, 0.4) is 0 Å². The Labute approximate surface area is 216 Å². The fourth-order valence-electron chi connectivity index (χ4n) is 3.33. The molecule has 0 radical (unpaired) electrons. The number of hydrogen-bond donors (Lipinski definition) is 1. The third-order valence-corrected chi connectivity index (χ3v) is 7.20. The van der Waals surface area contributed by atoms with Crippen molar-refractivity contribution in [2.24, 2.45) is 0 Å². The second-order valence-electron chi connectivity index (χ2n) is 7.36. The first-order chi connectivity index (χ1) is 17.0. The van der Waals surface area contributed by atoms with E-state index in [1.807, 2.05) is 6.92 Å².